The zero-order valence-electron chi connectivity index (χ0n) is 18.3. The minimum Gasteiger partial charge on any atom is -0.369 e. The van der Waals surface area contributed by atoms with Crippen LogP contribution in [0.2, 0.25) is 0 Å². The quantitative estimate of drug-likeness (QED) is 0.583. The number of amides is 2. The van der Waals surface area contributed by atoms with Crippen LogP contribution in [-0.4, -0.2) is 49.4 Å². The fourth-order valence-electron chi connectivity index (χ4n) is 3.87. The molecule has 33 heavy (non-hydrogen) atoms. The number of halogens is 1. The normalized spacial score (nSPS) is 14.0. The number of hydrogen-bond acceptors (Lipinski definition) is 4. The molecular weight excluding hydrogens is 419 g/mol. The van der Waals surface area contributed by atoms with Crippen LogP contribution in [0.15, 0.2) is 78.9 Å². The number of anilines is 2. The maximum atomic E-state index is 13.7. The number of hydrogen-bond donors (Lipinski definition) is 2. The number of carbonyl (C=O) groups is 2. The van der Waals surface area contributed by atoms with E-state index in [0.29, 0.717) is 5.69 Å². The molecule has 2 amide bonds. The topological polar surface area (TPSA) is 64.7 Å². The molecule has 0 atom stereocenters. The van der Waals surface area contributed by atoms with Crippen molar-refractivity contribution in [1.82, 2.24) is 10.2 Å². The minimum absolute atomic E-state index is 0.0847. The Morgan fingerprint density at radius 3 is 2.18 bits per heavy atom. The lowest BCUT2D eigenvalue weighted by atomic mass is 10.2. The number of piperazine rings is 1. The fraction of sp³-hybridized carbons (Fsp3) is 0.231. The van der Waals surface area contributed by atoms with Crippen LogP contribution >= 0.6 is 0 Å². The number of nitrogens with zero attached hydrogens (tertiary/aromatic N) is 2. The van der Waals surface area contributed by atoms with Crippen LogP contribution in [0.5, 0.6) is 0 Å². The zero-order valence-corrected chi connectivity index (χ0v) is 18.3. The lowest BCUT2D eigenvalue weighted by Gasteiger charge is -2.36. The second kappa shape index (κ2) is 10.7. The van der Waals surface area contributed by atoms with E-state index in [1.165, 1.54) is 23.8 Å². The van der Waals surface area contributed by atoms with Crippen molar-refractivity contribution in [3.05, 3.63) is 95.8 Å². The van der Waals surface area contributed by atoms with Gasteiger partial charge in [0.2, 0.25) is 5.91 Å². The van der Waals surface area contributed by atoms with Crippen LogP contribution < -0.4 is 15.5 Å². The van der Waals surface area contributed by atoms with E-state index in [-0.39, 0.29) is 18.0 Å². The standard InChI is InChI=1S/C26H27FN4O2/c27-24-9-5-4-8-23(24)26(33)28-18-25(32)29-21-10-12-22(13-11-21)31-16-14-30(15-17-31)19-20-6-2-1-3-7-20/h1-13H,14-19H2,(H,28,33)(H,29,32). The van der Waals surface area contributed by atoms with Crippen molar-refractivity contribution in [2.24, 2.45) is 0 Å². The summed E-state index contributed by atoms with van der Waals surface area (Å²) in [6.45, 7) is 4.61. The minimum atomic E-state index is -0.620. The number of carbonyl (C=O) groups excluding carboxylic acids is 2. The van der Waals surface area contributed by atoms with Gasteiger partial charge >= 0.3 is 0 Å². The van der Waals surface area contributed by atoms with Crippen molar-refractivity contribution in [1.29, 1.82) is 0 Å². The Morgan fingerprint density at radius 1 is 0.818 bits per heavy atom. The van der Waals surface area contributed by atoms with E-state index in [2.05, 4.69) is 44.7 Å². The first-order chi connectivity index (χ1) is 16.1. The molecule has 1 saturated heterocycles. The molecule has 0 bridgehead atoms. The van der Waals surface area contributed by atoms with Crippen molar-refractivity contribution < 1.29 is 14.0 Å². The second-order valence-corrected chi connectivity index (χ2v) is 8.01. The van der Waals surface area contributed by atoms with Gasteiger partial charge in [0.25, 0.3) is 5.91 Å². The first kappa shape index (κ1) is 22.5. The molecule has 6 nitrogen and oxygen atoms in total. The van der Waals surface area contributed by atoms with Gasteiger partial charge in [-0.25, -0.2) is 4.39 Å². The Morgan fingerprint density at radius 2 is 1.48 bits per heavy atom. The highest BCUT2D eigenvalue weighted by atomic mass is 19.1. The third kappa shape index (κ3) is 6.17. The summed E-state index contributed by atoms with van der Waals surface area (Å²) in [7, 11) is 0. The summed E-state index contributed by atoms with van der Waals surface area (Å²) in [5, 5.41) is 5.19. The summed E-state index contributed by atoms with van der Waals surface area (Å²) in [5.41, 5.74) is 3.00. The van der Waals surface area contributed by atoms with Crippen LogP contribution in [0.1, 0.15) is 15.9 Å². The van der Waals surface area contributed by atoms with E-state index in [0.717, 1.165) is 38.4 Å². The molecule has 1 heterocycles. The van der Waals surface area contributed by atoms with Crippen molar-refractivity contribution in [3.8, 4) is 0 Å². The van der Waals surface area contributed by atoms with Crippen molar-refractivity contribution in [3.63, 3.8) is 0 Å². The molecule has 170 valence electrons. The average molecular weight is 447 g/mol. The maximum Gasteiger partial charge on any atom is 0.254 e. The molecule has 0 aromatic heterocycles. The van der Waals surface area contributed by atoms with Gasteiger partial charge in [-0.3, -0.25) is 14.5 Å². The van der Waals surface area contributed by atoms with Gasteiger partial charge in [0.05, 0.1) is 12.1 Å². The molecule has 4 rings (SSSR count). The molecule has 0 unspecified atom stereocenters. The van der Waals surface area contributed by atoms with E-state index in [1.807, 2.05) is 30.3 Å². The van der Waals surface area contributed by atoms with Crippen LogP contribution in [-0.2, 0) is 11.3 Å². The SMILES string of the molecule is O=C(CNC(=O)c1ccccc1F)Nc1ccc(N2CCN(Cc3ccccc3)CC2)cc1. The van der Waals surface area contributed by atoms with Crippen LogP contribution in [0.4, 0.5) is 15.8 Å². The van der Waals surface area contributed by atoms with Crippen molar-refractivity contribution in [2.45, 2.75) is 6.54 Å². The van der Waals surface area contributed by atoms with Gasteiger partial charge in [0.1, 0.15) is 5.82 Å². The Hall–Kier alpha value is -3.71. The summed E-state index contributed by atoms with van der Waals surface area (Å²) >= 11 is 0. The van der Waals surface area contributed by atoms with Gasteiger partial charge in [-0.1, -0.05) is 42.5 Å². The molecule has 1 aliphatic heterocycles. The molecule has 0 spiro atoms. The fourth-order valence-corrected chi connectivity index (χ4v) is 3.87. The molecule has 1 fully saturated rings. The summed E-state index contributed by atoms with van der Waals surface area (Å²) < 4.78 is 13.7. The van der Waals surface area contributed by atoms with Gasteiger partial charge in [0.15, 0.2) is 0 Å². The molecule has 3 aromatic rings. The Labute approximate surface area is 193 Å². The monoisotopic (exact) mass is 446 g/mol. The molecule has 0 aliphatic carbocycles. The van der Waals surface area contributed by atoms with Gasteiger partial charge in [-0.2, -0.15) is 0 Å². The summed E-state index contributed by atoms with van der Waals surface area (Å²) in [6.07, 6.45) is 0. The van der Waals surface area contributed by atoms with Crippen molar-refractivity contribution in [2.75, 3.05) is 42.9 Å². The maximum absolute atomic E-state index is 13.7. The molecule has 0 radical (unpaired) electrons. The number of rotatable bonds is 7. The molecule has 1 aliphatic rings. The van der Waals surface area contributed by atoms with E-state index in [4.69, 9.17) is 0 Å². The highest BCUT2D eigenvalue weighted by molar-refractivity contribution is 5.99. The first-order valence-corrected chi connectivity index (χ1v) is 11.0. The third-order valence-electron chi connectivity index (χ3n) is 5.67. The predicted molar refractivity (Wildman–Crippen MR) is 128 cm³/mol. The summed E-state index contributed by atoms with van der Waals surface area (Å²) in [6, 6.07) is 23.8. The number of benzene rings is 3. The third-order valence-corrected chi connectivity index (χ3v) is 5.67. The van der Waals surface area contributed by atoms with E-state index in [9.17, 15) is 14.0 Å². The first-order valence-electron chi connectivity index (χ1n) is 11.0. The van der Waals surface area contributed by atoms with Gasteiger partial charge < -0.3 is 15.5 Å². The van der Waals surface area contributed by atoms with Gasteiger partial charge in [-0.05, 0) is 42.0 Å². The highest BCUT2D eigenvalue weighted by Gasteiger charge is 2.17. The largest absolute Gasteiger partial charge is 0.369 e. The van der Waals surface area contributed by atoms with Crippen LogP contribution in [0.3, 0.4) is 0 Å². The Kier molecular flexibility index (Phi) is 7.32. The lowest BCUT2D eigenvalue weighted by molar-refractivity contribution is -0.115. The molecule has 2 N–H and O–H groups in total. The number of nitrogens with one attached hydrogen (secondary N) is 2. The zero-order chi connectivity index (χ0) is 23.0. The van der Waals surface area contributed by atoms with E-state index in [1.54, 1.807) is 6.07 Å². The lowest BCUT2D eigenvalue weighted by Crippen LogP contribution is -2.45. The van der Waals surface area contributed by atoms with Crippen LogP contribution in [0, 0.1) is 5.82 Å². The highest BCUT2D eigenvalue weighted by Crippen LogP contribution is 2.20. The Balaban J connectivity index is 1.22. The smallest absolute Gasteiger partial charge is 0.254 e. The molecule has 7 heteroatoms. The molecule has 0 saturated carbocycles. The van der Waals surface area contributed by atoms with Gasteiger partial charge in [0, 0.05) is 44.1 Å². The van der Waals surface area contributed by atoms with E-state index < -0.39 is 11.7 Å². The average Bonchev–Trinajstić information content (AvgIpc) is 2.84. The van der Waals surface area contributed by atoms with Crippen molar-refractivity contribution >= 4 is 23.2 Å². The second-order valence-electron chi connectivity index (χ2n) is 8.01. The summed E-state index contributed by atoms with van der Waals surface area (Å²) in [5.74, 6) is -1.61. The predicted octanol–water partition coefficient (Wildman–Crippen LogP) is 3.52. The van der Waals surface area contributed by atoms with E-state index >= 15 is 0 Å². The molecule has 3 aromatic carbocycles. The molecular formula is C26H27FN4O2. The Bertz CT molecular complexity index is 1080. The van der Waals surface area contributed by atoms with Gasteiger partial charge in [-0.15, -0.1) is 0 Å². The van der Waals surface area contributed by atoms with Crippen LogP contribution in [0.25, 0.3) is 0 Å². The summed E-state index contributed by atoms with van der Waals surface area (Å²) in [4.78, 5) is 29.0.